The first-order valence-corrected chi connectivity index (χ1v) is 4.38. The van der Waals surface area contributed by atoms with Crippen molar-refractivity contribution in [3.05, 3.63) is 23.9 Å². The Balaban J connectivity index is 0.00000225. The zero-order chi connectivity index (χ0) is 11.1. The normalized spacial score (nSPS) is 8.44. The zero-order valence-corrected chi connectivity index (χ0v) is 9.37. The number of nitriles is 1. The largest absolute Gasteiger partial charge is 0.370 e. The molecule has 0 aromatic carbocycles. The van der Waals surface area contributed by atoms with Crippen LogP contribution >= 0.6 is 12.4 Å². The lowest BCUT2D eigenvalue weighted by Gasteiger charge is -2.02. The fourth-order valence-electron chi connectivity index (χ4n) is 0.934. The molecule has 0 fully saturated rings. The Hall–Kier alpha value is -2.00. The molecule has 0 amide bonds. The third-order valence-electron chi connectivity index (χ3n) is 1.60. The molecule has 1 heterocycles. The van der Waals surface area contributed by atoms with Gasteiger partial charge in [-0.3, -0.25) is 4.99 Å². The smallest absolute Gasteiger partial charge is 0.185 e. The van der Waals surface area contributed by atoms with Crippen molar-refractivity contribution < 1.29 is 0 Å². The standard InChI is InChI=1S/C9H12N6.ClH/c10-5-7-1-2-8(15-6-7)13-3-4-14-9(11)12;/h1-2,6H,3-4H2,(H,13,15)(H4,11,12,14);1H. The topological polar surface area (TPSA) is 113 Å². The first-order chi connectivity index (χ1) is 7.22. The highest BCUT2D eigenvalue weighted by molar-refractivity contribution is 5.85. The predicted octanol–water partition coefficient (Wildman–Crippen LogP) is 0.0604. The molecule has 0 aliphatic rings. The number of pyridine rings is 1. The predicted molar refractivity (Wildman–Crippen MR) is 65.4 cm³/mol. The molecule has 0 bridgehead atoms. The third kappa shape index (κ3) is 5.02. The Labute approximate surface area is 99.8 Å². The Kier molecular flexibility index (Phi) is 6.40. The Morgan fingerprint density at radius 3 is 2.75 bits per heavy atom. The van der Waals surface area contributed by atoms with Gasteiger partial charge in [-0.25, -0.2) is 4.98 Å². The van der Waals surface area contributed by atoms with Crippen molar-refractivity contribution in [2.75, 3.05) is 18.4 Å². The van der Waals surface area contributed by atoms with E-state index in [1.165, 1.54) is 6.20 Å². The SMILES string of the molecule is Cl.N#Cc1ccc(NCCN=C(N)N)nc1. The highest BCUT2D eigenvalue weighted by Gasteiger charge is 1.93. The molecule has 0 atom stereocenters. The molecule has 0 unspecified atom stereocenters. The average Bonchev–Trinajstić information content (AvgIpc) is 2.25. The van der Waals surface area contributed by atoms with Gasteiger partial charge in [0.15, 0.2) is 5.96 Å². The van der Waals surface area contributed by atoms with Crippen molar-refractivity contribution in [1.29, 1.82) is 5.26 Å². The lowest BCUT2D eigenvalue weighted by atomic mass is 10.3. The maximum atomic E-state index is 8.55. The summed E-state index contributed by atoms with van der Waals surface area (Å²) < 4.78 is 0. The number of nitrogens with one attached hydrogen (secondary N) is 1. The maximum absolute atomic E-state index is 8.55. The number of nitrogens with zero attached hydrogens (tertiary/aromatic N) is 3. The quantitative estimate of drug-likeness (QED) is 0.391. The van der Waals surface area contributed by atoms with Crippen LogP contribution in [0.5, 0.6) is 0 Å². The molecule has 0 saturated heterocycles. The van der Waals surface area contributed by atoms with Crippen LogP contribution in [0.3, 0.4) is 0 Å². The number of rotatable bonds is 4. The summed E-state index contributed by atoms with van der Waals surface area (Å²) in [6.07, 6.45) is 1.50. The van der Waals surface area contributed by atoms with E-state index in [-0.39, 0.29) is 18.4 Å². The van der Waals surface area contributed by atoms with E-state index in [2.05, 4.69) is 15.3 Å². The van der Waals surface area contributed by atoms with Crippen LogP contribution in [0.2, 0.25) is 0 Å². The van der Waals surface area contributed by atoms with E-state index in [0.717, 1.165) is 0 Å². The van der Waals surface area contributed by atoms with E-state index in [4.69, 9.17) is 16.7 Å². The molecular formula is C9H13ClN6. The van der Waals surface area contributed by atoms with Gasteiger partial charge in [0.25, 0.3) is 0 Å². The molecular weight excluding hydrogens is 228 g/mol. The Bertz CT molecular complexity index is 376. The molecule has 16 heavy (non-hydrogen) atoms. The van der Waals surface area contributed by atoms with Crippen LogP contribution in [0, 0.1) is 11.3 Å². The average molecular weight is 241 g/mol. The molecule has 1 rings (SSSR count). The molecule has 0 aliphatic heterocycles. The summed E-state index contributed by atoms with van der Waals surface area (Å²) in [6.45, 7) is 1.08. The summed E-state index contributed by atoms with van der Waals surface area (Å²) in [5, 5.41) is 11.6. The van der Waals surface area contributed by atoms with E-state index in [1.54, 1.807) is 12.1 Å². The van der Waals surface area contributed by atoms with Gasteiger partial charge in [0.05, 0.1) is 12.1 Å². The van der Waals surface area contributed by atoms with Crippen molar-refractivity contribution in [2.45, 2.75) is 0 Å². The van der Waals surface area contributed by atoms with Crippen molar-refractivity contribution in [2.24, 2.45) is 16.5 Å². The van der Waals surface area contributed by atoms with Gasteiger partial charge < -0.3 is 16.8 Å². The summed E-state index contributed by atoms with van der Waals surface area (Å²) in [7, 11) is 0. The van der Waals surface area contributed by atoms with Crippen LogP contribution in [-0.2, 0) is 0 Å². The summed E-state index contributed by atoms with van der Waals surface area (Å²) >= 11 is 0. The first kappa shape index (κ1) is 14.0. The molecule has 5 N–H and O–H groups in total. The number of guanidine groups is 1. The fraction of sp³-hybridized carbons (Fsp3) is 0.222. The van der Waals surface area contributed by atoms with E-state index in [9.17, 15) is 0 Å². The molecule has 0 saturated carbocycles. The van der Waals surface area contributed by atoms with Gasteiger partial charge >= 0.3 is 0 Å². The minimum absolute atomic E-state index is 0. The summed E-state index contributed by atoms with van der Waals surface area (Å²) in [5.74, 6) is 0.768. The van der Waals surface area contributed by atoms with Gasteiger partial charge in [-0.2, -0.15) is 5.26 Å². The number of aliphatic imine (C=N–C) groups is 1. The number of nitrogens with two attached hydrogens (primary N) is 2. The van der Waals surface area contributed by atoms with Crippen molar-refractivity contribution in [1.82, 2.24) is 4.98 Å². The van der Waals surface area contributed by atoms with Crippen LogP contribution in [0.15, 0.2) is 23.3 Å². The molecule has 1 aromatic rings. The summed E-state index contributed by atoms with van der Waals surface area (Å²) in [4.78, 5) is 7.82. The zero-order valence-electron chi connectivity index (χ0n) is 8.55. The van der Waals surface area contributed by atoms with Gasteiger partial charge in [-0.15, -0.1) is 12.4 Å². The summed E-state index contributed by atoms with van der Waals surface area (Å²) in [5.41, 5.74) is 10.8. The lowest BCUT2D eigenvalue weighted by Crippen LogP contribution is -2.24. The fourth-order valence-corrected chi connectivity index (χ4v) is 0.934. The third-order valence-corrected chi connectivity index (χ3v) is 1.60. The van der Waals surface area contributed by atoms with Crippen LogP contribution in [0.1, 0.15) is 5.56 Å². The minimum atomic E-state index is 0. The molecule has 1 aromatic heterocycles. The van der Waals surface area contributed by atoms with Crippen LogP contribution in [0.25, 0.3) is 0 Å². The van der Waals surface area contributed by atoms with Gasteiger partial charge in [0.1, 0.15) is 11.9 Å². The van der Waals surface area contributed by atoms with Gasteiger partial charge in [0.2, 0.25) is 0 Å². The molecule has 0 spiro atoms. The van der Waals surface area contributed by atoms with Crippen molar-refractivity contribution in [3.8, 4) is 6.07 Å². The van der Waals surface area contributed by atoms with Gasteiger partial charge in [-0.05, 0) is 12.1 Å². The van der Waals surface area contributed by atoms with Crippen molar-refractivity contribution >= 4 is 24.2 Å². The number of halogens is 1. The first-order valence-electron chi connectivity index (χ1n) is 4.38. The molecule has 0 radical (unpaired) electrons. The van der Waals surface area contributed by atoms with Gasteiger partial charge in [0, 0.05) is 12.7 Å². The number of hydrogen-bond donors (Lipinski definition) is 3. The monoisotopic (exact) mass is 240 g/mol. The van der Waals surface area contributed by atoms with Crippen LogP contribution in [0.4, 0.5) is 5.82 Å². The molecule has 6 nitrogen and oxygen atoms in total. The second kappa shape index (κ2) is 7.31. The van der Waals surface area contributed by atoms with Crippen LogP contribution < -0.4 is 16.8 Å². The second-order valence-corrected chi connectivity index (χ2v) is 2.78. The number of anilines is 1. The second-order valence-electron chi connectivity index (χ2n) is 2.78. The summed E-state index contributed by atoms with van der Waals surface area (Å²) in [6, 6.07) is 5.41. The molecule has 7 heteroatoms. The highest BCUT2D eigenvalue weighted by atomic mass is 35.5. The van der Waals surface area contributed by atoms with Crippen LogP contribution in [-0.4, -0.2) is 24.0 Å². The highest BCUT2D eigenvalue weighted by Crippen LogP contribution is 2.02. The van der Waals surface area contributed by atoms with Gasteiger partial charge in [-0.1, -0.05) is 0 Å². The minimum Gasteiger partial charge on any atom is -0.370 e. The van der Waals surface area contributed by atoms with E-state index in [0.29, 0.717) is 24.5 Å². The number of aromatic nitrogens is 1. The van der Waals surface area contributed by atoms with E-state index >= 15 is 0 Å². The van der Waals surface area contributed by atoms with Crippen molar-refractivity contribution in [3.63, 3.8) is 0 Å². The van der Waals surface area contributed by atoms with E-state index < -0.39 is 0 Å². The van der Waals surface area contributed by atoms with E-state index in [1.807, 2.05) is 6.07 Å². The maximum Gasteiger partial charge on any atom is 0.185 e. The Morgan fingerprint density at radius 2 is 2.25 bits per heavy atom. The Morgan fingerprint density at radius 1 is 1.50 bits per heavy atom. The number of hydrogen-bond acceptors (Lipinski definition) is 4. The molecule has 0 aliphatic carbocycles. The lowest BCUT2D eigenvalue weighted by molar-refractivity contribution is 1.00. The molecule has 86 valence electrons.